The third-order valence-corrected chi connectivity index (χ3v) is 7.66. The Morgan fingerprint density at radius 3 is 2.63 bits per heavy atom. The van der Waals surface area contributed by atoms with Crippen LogP contribution in [0.25, 0.3) is 6.08 Å². The molecule has 0 unspecified atom stereocenters. The minimum absolute atomic E-state index is 0.195. The van der Waals surface area contributed by atoms with Gasteiger partial charge in [-0.15, -0.1) is 0 Å². The number of halogens is 2. The van der Waals surface area contributed by atoms with Gasteiger partial charge in [0.25, 0.3) is 11.1 Å². The van der Waals surface area contributed by atoms with Crippen LogP contribution in [0.4, 0.5) is 4.79 Å². The fraction of sp³-hybridized carbons (Fsp3) is 0.320. The van der Waals surface area contributed by atoms with E-state index >= 15 is 0 Å². The van der Waals surface area contributed by atoms with Crippen molar-refractivity contribution >= 4 is 69.1 Å². The van der Waals surface area contributed by atoms with Crippen LogP contribution in [0.5, 0.6) is 11.5 Å². The van der Waals surface area contributed by atoms with Gasteiger partial charge < -0.3 is 14.4 Å². The molecule has 10 heteroatoms. The number of hydrogen-bond donors (Lipinski definition) is 0. The lowest BCUT2D eigenvalue weighted by molar-refractivity contribution is -0.135. The van der Waals surface area contributed by atoms with Crippen LogP contribution in [0.15, 0.2) is 41.3 Å². The molecular weight excluding hydrogens is 603 g/mol. The molecule has 2 fully saturated rings. The number of carbonyl (C=O) groups excluding carboxylic acids is 3. The van der Waals surface area contributed by atoms with Crippen molar-refractivity contribution in [1.29, 1.82) is 0 Å². The molecule has 0 aromatic heterocycles. The molecule has 0 atom stereocenters. The summed E-state index contributed by atoms with van der Waals surface area (Å²) in [5, 5.41) is 0.184. The Bertz CT molecular complexity index is 1180. The Hall–Kier alpha value is -2.24. The molecule has 3 amide bonds. The standard InChI is InChI=1S/C25H24ClIN2O5S/c1-2-33-20-12-16(11-19(27)23(20)34-15-17-7-3-4-8-18(17)26)13-21-24(31)29(25(32)35-21)14-22(30)28-9-5-6-10-28/h3-4,7-8,11-13H,2,5-6,9-10,14-15H2,1H3/b21-13+. The SMILES string of the molecule is CCOc1cc(/C=C2/SC(=O)N(CC(=O)N3CCCC3)C2=O)cc(I)c1OCc1ccccc1Cl. The number of rotatable bonds is 8. The number of likely N-dealkylation sites (tertiary alicyclic amines) is 1. The first-order valence-corrected chi connectivity index (χ1v) is 13.5. The first-order chi connectivity index (χ1) is 16.9. The summed E-state index contributed by atoms with van der Waals surface area (Å²) in [5.74, 6) is 0.453. The highest BCUT2D eigenvalue weighted by molar-refractivity contribution is 14.1. The van der Waals surface area contributed by atoms with Gasteiger partial charge in [-0.05, 0) is 84.0 Å². The monoisotopic (exact) mass is 626 g/mol. The van der Waals surface area contributed by atoms with Crippen molar-refractivity contribution in [2.75, 3.05) is 26.2 Å². The van der Waals surface area contributed by atoms with Crippen molar-refractivity contribution in [2.45, 2.75) is 26.4 Å². The van der Waals surface area contributed by atoms with E-state index in [1.165, 1.54) is 0 Å². The normalized spacial score (nSPS) is 16.9. The summed E-state index contributed by atoms with van der Waals surface area (Å²) in [6.45, 7) is 3.71. The lowest BCUT2D eigenvalue weighted by atomic mass is 10.1. The van der Waals surface area contributed by atoms with Gasteiger partial charge >= 0.3 is 0 Å². The van der Waals surface area contributed by atoms with Crippen LogP contribution >= 0.6 is 46.0 Å². The Morgan fingerprint density at radius 2 is 1.91 bits per heavy atom. The van der Waals surface area contributed by atoms with Crippen molar-refractivity contribution in [3.63, 3.8) is 0 Å². The molecule has 0 radical (unpaired) electrons. The molecule has 0 bridgehead atoms. The van der Waals surface area contributed by atoms with Crippen molar-refractivity contribution in [3.05, 3.63) is 61.0 Å². The number of nitrogens with zero attached hydrogens (tertiary/aromatic N) is 2. The van der Waals surface area contributed by atoms with E-state index < -0.39 is 11.1 Å². The van der Waals surface area contributed by atoms with Crippen LogP contribution < -0.4 is 9.47 Å². The molecule has 2 aliphatic heterocycles. The predicted molar refractivity (Wildman–Crippen MR) is 145 cm³/mol. The van der Waals surface area contributed by atoms with Gasteiger partial charge in [0, 0.05) is 23.7 Å². The maximum absolute atomic E-state index is 12.9. The number of ether oxygens (including phenoxy) is 2. The number of amides is 3. The van der Waals surface area contributed by atoms with Gasteiger partial charge in [0.2, 0.25) is 5.91 Å². The lowest BCUT2D eigenvalue weighted by Gasteiger charge is -2.18. The molecule has 7 nitrogen and oxygen atoms in total. The predicted octanol–water partition coefficient (Wildman–Crippen LogP) is 5.58. The topological polar surface area (TPSA) is 76.2 Å². The molecule has 0 N–H and O–H groups in total. The molecule has 2 heterocycles. The van der Waals surface area contributed by atoms with Gasteiger partial charge in [-0.25, -0.2) is 0 Å². The van der Waals surface area contributed by atoms with E-state index in [1.807, 2.05) is 37.3 Å². The summed E-state index contributed by atoms with van der Waals surface area (Å²) in [6.07, 6.45) is 3.55. The van der Waals surface area contributed by atoms with Gasteiger partial charge in [-0.2, -0.15) is 0 Å². The van der Waals surface area contributed by atoms with E-state index in [4.69, 9.17) is 21.1 Å². The Kier molecular flexibility index (Phi) is 8.61. The minimum atomic E-state index is -0.459. The van der Waals surface area contributed by atoms with Crippen molar-refractivity contribution < 1.29 is 23.9 Å². The van der Waals surface area contributed by atoms with Crippen LogP contribution in [0.2, 0.25) is 5.02 Å². The minimum Gasteiger partial charge on any atom is -0.490 e. The third kappa shape index (κ3) is 6.13. The van der Waals surface area contributed by atoms with Gasteiger partial charge in [0.1, 0.15) is 13.2 Å². The van der Waals surface area contributed by atoms with Gasteiger partial charge in [-0.3, -0.25) is 19.3 Å². The zero-order chi connectivity index (χ0) is 24.9. The molecule has 35 heavy (non-hydrogen) atoms. The van der Waals surface area contributed by atoms with E-state index in [2.05, 4.69) is 22.6 Å². The van der Waals surface area contributed by atoms with Gasteiger partial charge in [0.15, 0.2) is 11.5 Å². The molecule has 0 aliphatic carbocycles. The van der Waals surface area contributed by atoms with E-state index in [-0.39, 0.29) is 24.0 Å². The number of thioether (sulfide) groups is 1. The van der Waals surface area contributed by atoms with Crippen LogP contribution in [-0.4, -0.2) is 53.1 Å². The summed E-state index contributed by atoms with van der Waals surface area (Å²) in [5.41, 5.74) is 1.55. The molecule has 0 saturated carbocycles. The zero-order valence-corrected chi connectivity index (χ0v) is 22.8. The summed E-state index contributed by atoms with van der Waals surface area (Å²) in [6, 6.07) is 11.1. The second-order valence-corrected chi connectivity index (χ2v) is 10.6. The summed E-state index contributed by atoms with van der Waals surface area (Å²) >= 11 is 9.24. The molecule has 2 aromatic rings. The average molecular weight is 627 g/mol. The Balaban J connectivity index is 1.52. The van der Waals surface area contributed by atoms with E-state index in [9.17, 15) is 14.4 Å². The molecule has 2 aliphatic rings. The van der Waals surface area contributed by atoms with Crippen molar-refractivity contribution in [1.82, 2.24) is 9.80 Å². The maximum Gasteiger partial charge on any atom is 0.294 e. The fourth-order valence-corrected chi connectivity index (χ4v) is 5.64. The second-order valence-electron chi connectivity index (χ2n) is 8.00. The molecule has 2 saturated heterocycles. The van der Waals surface area contributed by atoms with E-state index in [1.54, 1.807) is 17.0 Å². The van der Waals surface area contributed by atoms with Crippen LogP contribution in [0.1, 0.15) is 30.9 Å². The second kappa shape index (κ2) is 11.7. The summed E-state index contributed by atoms with van der Waals surface area (Å²) < 4.78 is 12.6. The summed E-state index contributed by atoms with van der Waals surface area (Å²) in [4.78, 5) is 40.8. The number of carbonyl (C=O) groups is 3. The highest BCUT2D eigenvalue weighted by Crippen LogP contribution is 2.38. The highest BCUT2D eigenvalue weighted by atomic mass is 127. The van der Waals surface area contributed by atoms with E-state index in [0.717, 1.165) is 38.6 Å². The van der Waals surface area contributed by atoms with E-state index in [0.29, 0.717) is 41.8 Å². The number of hydrogen-bond acceptors (Lipinski definition) is 6. The van der Waals surface area contributed by atoms with Crippen molar-refractivity contribution in [2.24, 2.45) is 0 Å². The molecular formula is C25H24ClIN2O5S. The zero-order valence-electron chi connectivity index (χ0n) is 19.1. The van der Waals surface area contributed by atoms with Gasteiger partial charge in [0.05, 0.1) is 15.1 Å². The maximum atomic E-state index is 12.9. The quantitative estimate of drug-likeness (QED) is 0.281. The first-order valence-electron chi connectivity index (χ1n) is 11.2. The molecule has 0 spiro atoms. The number of benzene rings is 2. The highest BCUT2D eigenvalue weighted by Gasteiger charge is 2.37. The number of imide groups is 1. The summed E-state index contributed by atoms with van der Waals surface area (Å²) in [7, 11) is 0. The first kappa shape index (κ1) is 25.8. The Labute approximate surface area is 226 Å². The Morgan fingerprint density at radius 1 is 1.17 bits per heavy atom. The largest absolute Gasteiger partial charge is 0.490 e. The van der Waals surface area contributed by atoms with Crippen LogP contribution in [-0.2, 0) is 16.2 Å². The molecule has 2 aromatic carbocycles. The molecule has 184 valence electrons. The fourth-order valence-electron chi connectivity index (χ4n) is 3.83. The molecule has 4 rings (SSSR count). The van der Waals surface area contributed by atoms with Gasteiger partial charge in [-0.1, -0.05) is 29.8 Å². The smallest absolute Gasteiger partial charge is 0.294 e. The van der Waals surface area contributed by atoms with Crippen molar-refractivity contribution in [3.8, 4) is 11.5 Å². The average Bonchev–Trinajstić information content (AvgIpc) is 3.45. The van der Waals surface area contributed by atoms with Crippen LogP contribution in [0.3, 0.4) is 0 Å². The lowest BCUT2D eigenvalue weighted by Crippen LogP contribution is -2.40. The van der Waals surface area contributed by atoms with Crippen LogP contribution in [0, 0.1) is 3.57 Å². The third-order valence-electron chi connectivity index (χ3n) is 5.59.